The minimum absolute atomic E-state index is 0.560. The average Bonchev–Trinajstić information content (AvgIpc) is 2.43. The Morgan fingerprint density at radius 1 is 1.16 bits per heavy atom. The predicted octanol–water partition coefficient (Wildman–Crippen LogP) is 3.00. The molecule has 0 amide bonds. The van der Waals surface area contributed by atoms with Gasteiger partial charge in [-0.2, -0.15) is 0 Å². The summed E-state index contributed by atoms with van der Waals surface area (Å²) in [7, 11) is 1.66. The minimum Gasteiger partial charge on any atom is -0.497 e. The van der Waals surface area contributed by atoms with Crippen molar-refractivity contribution >= 4 is 5.82 Å². The summed E-state index contributed by atoms with van der Waals surface area (Å²) in [5, 5.41) is 0. The van der Waals surface area contributed by atoms with Crippen LogP contribution in [-0.2, 0) is 6.42 Å². The van der Waals surface area contributed by atoms with Gasteiger partial charge in [0.25, 0.3) is 0 Å². The molecule has 0 radical (unpaired) electrons. The van der Waals surface area contributed by atoms with Gasteiger partial charge in [0.15, 0.2) is 0 Å². The molecule has 2 rings (SSSR count). The maximum absolute atomic E-state index is 5.97. The molecule has 4 nitrogen and oxygen atoms in total. The lowest BCUT2D eigenvalue weighted by Gasteiger charge is -2.10. The van der Waals surface area contributed by atoms with Gasteiger partial charge in [-0.3, -0.25) is 0 Å². The maximum Gasteiger partial charge on any atom is 0.131 e. The molecule has 0 saturated carbocycles. The number of hydrogen-bond donors (Lipinski definition) is 1. The van der Waals surface area contributed by atoms with Crippen molar-refractivity contribution in [1.82, 2.24) is 9.97 Å². The van der Waals surface area contributed by atoms with E-state index in [0.29, 0.717) is 5.82 Å². The molecule has 0 spiro atoms. The Morgan fingerprint density at radius 2 is 1.84 bits per heavy atom. The van der Waals surface area contributed by atoms with Crippen LogP contribution in [0.2, 0.25) is 0 Å². The fourth-order valence-electron chi connectivity index (χ4n) is 1.95. The van der Waals surface area contributed by atoms with Crippen LogP contribution in [0.5, 0.6) is 5.75 Å². The monoisotopic (exact) mass is 257 g/mol. The second-order valence-corrected chi connectivity index (χ2v) is 4.48. The number of nitrogen functional groups attached to an aromatic ring is 1. The van der Waals surface area contributed by atoms with Crippen LogP contribution in [0.15, 0.2) is 24.3 Å². The van der Waals surface area contributed by atoms with Crippen molar-refractivity contribution in [1.29, 1.82) is 0 Å². The molecule has 2 N–H and O–H groups in total. The first-order valence-corrected chi connectivity index (χ1v) is 6.43. The van der Waals surface area contributed by atoms with Crippen molar-refractivity contribution in [3.63, 3.8) is 0 Å². The largest absolute Gasteiger partial charge is 0.497 e. The number of ether oxygens (including phenoxy) is 1. The number of hydrogen-bond acceptors (Lipinski definition) is 4. The molecule has 0 aliphatic heterocycles. The molecule has 1 aromatic heterocycles. The van der Waals surface area contributed by atoms with E-state index in [9.17, 15) is 0 Å². The smallest absolute Gasteiger partial charge is 0.131 e. The van der Waals surface area contributed by atoms with Crippen molar-refractivity contribution < 1.29 is 4.74 Å². The molecule has 0 aliphatic rings. The Hall–Kier alpha value is -2.10. The van der Waals surface area contributed by atoms with E-state index in [4.69, 9.17) is 10.5 Å². The highest BCUT2D eigenvalue weighted by atomic mass is 16.5. The molecule has 2 aromatic rings. The SMILES string of the molecule is CCCc1nc(N)c(C)c(-c2ccc(OC)cc2)n1. The van der Waals surface area contributed by atoms with Crippen LogP contribution < -0.4 is 10.5 Å². The number of anilines is 1. The van der Waals surface area contributed by atoms with E-state index in [-0.39, 0.29) is 0 Å². The molecular weight excluding hydrogens is 238 g/mol. The van der Waals surface area contributed by atoms with Crippen molar-refractivity contribution in [2.45, 2.75) is 26.7 Å². The lowest BCUT2D eigenvalue weighted by Crippen LogP contribution is -2.04. The molecule has 4 heteroatoms. The van der Waals surface area contributed by atoms with Crippen LogP contribution in [0.4, 0.5) is 5.82 Å². The summed E-state index contributed by atoms with van der Waals surface area (Å²) in [6.45, 7) is 4.05. The molecule has 100 valence electrons. The summed E-state index contributed by atoms with van der Waals surface area (Å²) in [6.07, 6.45) is 1.85. The Balaban J connectivity index is 2.47. The quantitative estimate of drug-likeness (QED) is 0.914. The summed E-state index contributed by atoms with van der Waals surface area (Å²) >= 11 is 0. The predicted molar refractivity (Wildman–Crippen MR) is 77.2 cm³/mol. The topological polar surface area (TPSA) is 61.0 Å². The Morgan fingerprint density at radius 3 is 2.42 bits per heavy atom. The molecule has 0 unspecified atom stereocenters. The van der Waals surface area contributed by atoms with E-state index in [1.54, 1.807) is 7.11 Å². The van der Waals surface area contributed by atoms with Crippen molar-refractivity contribution in [2.24, 2.45) is 0 Å². The van der Waals surface area contributed by atoms with Gasteiger partial charge >= 0.3 is 0 Å². The average molecular weight is 257 g/mol. The Labute approximate surface area is 113 Å². The Kier molecular flexibility index (Phi) is 4.00. The third-order valence-electron chi connectivity index (χ3n) is 3.07. The summed E-state index contributed by atoms with van der Waals surface area (Å²) in [5.74, 6) is 2.19. The van der Waals surface area contributed by atoms with Crippen molar-refractivity contribution in [3.05, 3.63) is 35.7 Å². The van der Waals surface area contributed by atoms with E-state index >= 15 is 0 Å². The van der Waals surface area contributed by atoms with Crippen molar-refractivity contribution in [2.75, 3.05) is 12.8 Å². The molecule has 19 heavy (non-hydrogen) atoms. The molecule has 1 aromatic carbocycles. The van der Waals surface area contributed by atoms with E-state index < -0.39 is 0 Å². The molecule has 0 bridgehead atoms. The van der Waals surface area contributed by atoms with Crippen LogP contribution >= 0.6 is 0 Å². The number of benzene rings is 1. The molecule has 0 saturated heterocycles. The lowest BCUT2D eigenvalue weighted by atomic mass is 10.1. The summed E-state index contributed by atoms with van der Waals surface area (Å²) in [5.41, 5.74) is 8.82. The van der Waals surface area contributed by atoms with Gasteiger partial charge in [0.05, 0.1) is 12.8 Å². The number of aromatic nitrogens is 2. The minimum atomic E-state index is 0.560. The number of methoxy groups -OCH3 is 1. The first kappa shape index (κ1) is 13.3. The summed E-state index contributed by atoms with van der Waals surface area (Å²) in [6, 6.07) is 7.83. The zero-order valence-corrected chi connectivity index (χ0v) is 11.6. The van der Waals surface area contributed by atoms with E-state index in [0.717, 1.165) is 41.2 Å². The first-order chi connectivity index (χ1) is 9.15. The van der Waals surface area contributed by atoms with E-state index in [1.165, 1.54) is 0 Å². The highest BCUT2D eigenvalue weighted by Crippen LogP contribution is 2.26. The fourth-order valence-corrected chi connectivity index (χ4v) is 1.95. The van der Waals surface area contributed by atoms with E-state index in [2.05, 4.69) is 16.9 Å². The van der Waals surface area contributed by atoms with Gasteiger partial charge in [-0.1, -0.05) is 6.92 Å². The zero-order chi connectivity index (χ0) is 13.8. The number of nitrogens with zero attached hydrogens (tertiary/aromatic N) is 2. The van der Waals surface area contributed by atoms with Crippen LogP contribution in [0, 0.1) is 6.92 Å². The van der Waals surface area contributed by atoms with Gasteiger partial charge in [0.2, 0.25) is 0 Å². The van der Waals surface area contributed by atoms with Crippen molar-refractivity contribution in [3.8, 4) is 17.0 Å². The third kappa shape index (κ3) is 2.84. The highest BCUT2D eigenvalue weighted by molar-refractivity contribution is 5.67. The second kappa shape index (κ2) is 5.69. The van der Waals surface area contributed by atoms with Gasteiger partial charge in [-0.25, -0.2) is 9.97 Å². The molecule has 0 fully saturated rings. The molecule has 1 heterocycles. The first-order valence-electron chi connectivity index (χ1n) is 6.43. The number of aryl methyl sites for hydroxylation is 1. The summed E-state index contributed by atoms with van der Waals surface area (Å²) in [4.78, 5) is 8.94. The molecular formula is C15H19N3O. The van der Waals surface area contributed by atoms with Gasteiger partial charge < -0.3 is 10.5 Å². The van der Waals surface area contributed by atoms with Crippen LogP contribution in [0.1, 0.15) is 24.7 Å². The van der Waals surface area contributed by atoms with E-state index in [1.807, 2.05) is 31.2 Å². The van der Waals surface area contributed by atoms with Crippen LogP contribution in [-0.4, -0.2) is 17.1 Å². The van der Waals surface area contributed by atoms with Crippen LogP contribution in [0.3, 0.4) is 0 Å². The normalized spacial score (nSPS) is 10.5. The number of nitrogens with two attached hydrogens (primary N) is 1. The summed E-state index contributed by atoms with van der Waals surface area (Å²) < 4.78 is 5.16. The van der Waals surface area contributed by atoms with Gasteiger partial charge in [0.1, 0.15) is 17.4 Å². The fraction of sp³-hybridized carbons (Fsp3) is 0.333. The standard InChI is InChI=1S/C15H19N3O/c1-4-5-13-17-14(10(2)15(16)18-13)11-6-8-12(19-3)9-7-11/h6-9H,4-5H2,1-3H3,(H2,16,17,18). The third-order valence-corrected chi connectivity index (χ3v) is 3.07. The molecule has 0 aliphatic carbocycles. The lowest BCUT2D eigenvalue weighted by molar-refractivity contribution is 0.415. The van der Waals surface area contributed by atoms with Crippen LogP contribution in [0.25, 0.3) is 11.3 Å². The second-order valence-electron chi connectivity index (χ2n) is 4.48. The van der Waals surface area contributed by atoms with Gasteiger partial charge in [-0.05, 0) is 37.6 Å². The highest BCUT2D eigenvalue weighted by Gasteiger charge is 2.10. The Bertz CT molecular complexity index is 564. The zero-order valence-electron chi connectivity index (χ0n) is 11.6. The number of rotatable bonds is 4. The van der Waals surface area contributed by atoms with Gasteiger partial charge in [0, 0.05) is 17.5 Å². The molecule has 0 atom stereocenters. The van der Waals surface area contributed by atoms with Gasteiger partial charge in [-0.15, -0.1) is 0 Å². The maximum atomic E-state index is 5.97.